The van der Waals surface area contributed by atoms with Crippen LogP contribution in [0.5, 0.6) is 0 Å². The predicted octanol–water partition coefficient (Wildman–Crippen LogP) is 1.52. The fourth-order valence-electron chi connectivity index (χ4n) is 3.79. The summed E-state index contributed by atoms with van der Waals surface area (Å²) in [5.74, 6) is 1.73. The highest BCUT2D eigenvalue weighted by molar-refractivity contribution is 5.03. The van der Waals surface area contributed by atoms with Crippen LogP contribution in [0.25, 0.3) is 0 Å². The summed E-state index contributed by atoms with van der Waals surface area (Å²) in [4.78, 5) is 0. The molecule has 0 saturated heterocycles. The van der Waals surface area contributed by atoms with Crippen LogP contribution in [0, 0.1) is 17.3 Å². The molecule has 0 spiro atoms. The van der Waals surface area contributed by atoms with Gasteiger partial charge >= 0.3 is 0 Å². The van der Waals surface area contributed by atoms with Crippen molar-refractivity contribution in [3.63, 3.8) is 0 Å². The van der Waals surface area contributed by atoms with Gasteiger partial charge < -0.3 is 10.8 Å². The highest BCUT2D eigenvalue weighted by Crippen LogP contribution is 2.58. The molecule has 2 bridgehead atoms. The van der Waals surface area contributed by atoms with E-state index < -0.39 is 0 Å². The van der Waals surface area contributed by atoms with Crippen LogP contribution in [0.4, 0.5) is 0 Å². The molecule has 4 unspecified atom stereocenters. The molecule has 2 aliphatic carbocycles. The molecule has 2 heteroatoms. The van der Waals surface area contributed by atoms with Crippen LogP contribution in [0.15, 0.2) is 0 Å². The second kappa shape index (κ2) is 3.25. The zero-order chi connectivity index (χ0) is 9.47. The van der Waals surface area contributed by atoms with E-state index >= 15 is 0 Å². The summed E-state index contributed by atoms with van der Waals surface area (Å²) >= 11 is 0. The molecule has 0 heterocycles. The summed E-state index contributed by atoms with van der Waals surface area (Å²) in [5.41, 5.74) is 6.38. The van der Waals surface area contributed by atoms with Gasteiger partial charge in [-0.25, -0.2) is 0 Å². The summed E-state index contributed by atoms with van der Waals surface area (Å²) in [6.07, 6.45) is 6.33. The standard InChI is InChI=1S/C11H21NO/c1-8(12)11(4-5-13)7-9-2-3-10(11)6-9/h8-10,13H,2-7,12H2,1H3. The molecular weight excluding hydrogens is 162 g/mol. The second-order valence-electron chi connectivity index (χ2n) is 5.08. The first-order valence-electron chi connectivity index (χ1n) is 5.55. The Kier molecular flexibility index (Phi) is 2.37. The van der Waals surface area contributed by atoms with Crippen molar-refractivity contribution in [2.24, 2.45) is 23.0 Å². The minimum atomic E-state index is 0.259. The van der Waals surface area contributed by atoms with Gasteiger partial charge in [0.05, 0.1) is 0 Å². The third-order valence-electron chi connectivity index (χ3n) is 4.51. The van der Waals surface area contributed by atoms with E-state index in [-0.39, 0.29) is 11.5 Å². The van der Waals surface area contributed by atoms with Crippen LogP contribution >= 0.6 is 0 Å². The Bertz CT molecular complexity index is 193. The SMILES string of the molecule is CC(N)C1(CCO)CC2CCC1C2. The van der Waals surface area contributed by atoms with Crippen molar-refractivity contribution in [1.82, 2.24) is 0 Å². The van der Waals surface area contributed by atoms with Crippen LogP contribution in [-0.4, -0.2) is 17.8 Å². The van der Waals surface area contributed by atoms with E-state index in [1.807, 2.05) is 0 Å². The van der Waals surface area contributed by atoms with Crippen molar-refractivity contribution < 1.29 is 5.11 Å². The van der Waals surface area contributed by atoms with Crippen molar-refractivity contribution in [1.29, 1.82) is 0 Å². The van der Waals surface area contributed by atoms with Crippen LogP contribution in [0.1, 0.15) is 39.0 Å². The molecule has 3 N–H and O–H groups in total. The molecule has 2 saturated carbocycles. The summed E-state index contributed by atoms with van der Waals surface area (Å²) < 4.78 is 0. The van der Waals surface area contributed by atoms with Crippen LogP contribution in [0.2, 0.25) is 0 Å². The fourth-order valence-corrected chi connectivity index (χ4v) is 3.79. The van der Waals surface area contributed by atoms with E-state index in [4.69, 9.17) is 10.8 Å². The molecule has 0 aliphatic heterocycles. The number of hydrogen-bond donors (Lipinski definition) is 2. The third-order valence-corrected chi connectivity index (χ3v) is 4.51. The average molecular weight is 183 g/mol. The first-order valence-corrected chi connectivity index (χ1v) is 5.55. The normalized spacial score (nSPS) is 45.5. The van der Waals surface area contributed by atoms with E-state index in [0.29, 0.717) is 6.61 Å². The zero-order valence-electron chi connectivity index (χ0n) is 8.50. The van der Waals surface area contributed by atoms with Gasteiger partial charge in [0.25, 0.3) is 0 Å². The van der Waals surface area contributed by atoms with Gasteiger partial charge in [-0.2, -0.15) is 0 Å². The van der Waals surface area contributed by atoms with Gasteiger partial charge in [-0.1, -0.05) is 6.42 Å². The third kappa shape index (κ3) is 1.31. The fraction of sp³-hybridized carbons (Fsp3) is 1.00. The number of rotatable bonds is 3. The molecule has 4 atom stereocenters. The lowest BCUT2D eigenvalue weighted by Gasteiger charge is -2.41. The van der Waals surface area contributed by atoms with Gasteiger partial charge in [0.15, 0.2) is 0 Å². The van der Waals surface area contributed by atoms with Crippen molar-refractivity contribution in [3.8, 4) is 0 Å². The predicted molar refractivity (Wildman–Crippen MR) is 53.2 cm³/mol. The molecule has 0 amide bonds. The zero-order valence-corrected chi connectivity index (χ0v) is 8.50. The summed E-state index contributed by atoms with van der Waals surface area (Å²) in [5, 5.41) is 9.11. The summed E-state index contributed by atoms with van der Waals surface area (Å²) in [6.45, 7) is 2.43. The summed E-state index contributed by atoms with van der Waals surface area (Å²) in [6, 6.07) is 0.259. The molecule has 0 aromatic carbocycles. The van der Waals surface area contributed by atoms with Gasteiger partial charge in [0.1, 0.15) is 0 Å². The van der Waals surface area contributed by atoms with Crippen molar-refractivity contribution in [2.75, 3.05) is 6.61 Å². The van der Waals surface area contributed by atoms with Crippen molar-refractivity contribution in [2.45, 2.75) is 45.1 Å². The van der Waals surface area contributed by atoms with Gasteiger partial charge in [-0.05, 0) is 49.9 Å². The Morgan fingerprint density at radius 3 is 2.69 bits per heavy atom. The molecule has 2 nitrogen and oxygen atoms in total. The maximum absolute atomic E-state index is 9.11. The topological polar surface area (TPSA) is 46.2 Å². The Balaban J connectivity index is 2.15. The number of nitrogens with two attached hydrogens (primary N) is 1. The number of fused-ring (bicyclic) bond motifs is 2. The molecular formula is C11H21NO. The van der Waals surface area contributed by atoms with Gasteiger partial charge in [0, 0.05) is 12.6 Å². The summed E-state index contributed by atoms with van der Waals surface area (Å²) in [7, 11) is 0. The molecule has 0 aromatic heterocycles. The van der Waals surface area contributed by atoms with Crippen molar-refractivity contribution in [3.05, 3.63) is 0 Å². The lowest BCUT2D eigenvalue weighted by Crippen LogP contribution is -2.44. The average Bonchev–Trinajstić information content (AvgIpc) is 2.64. The van der Waals surface area contributed by atoms with E-state index in [0.717, 1.165) is 18.3 Å². The maximum Gasteiger partial charge on any atom is 0.0437 e. The van der Waals surface area contributed by atoms with E-state index in [9.17, 15) is 0 Å². The largest absolute Gasteiger partial charge is 0.396 e. The molecule has 13 heavy (non-hydrogen) atoms. The van der Waals surface area contributed by atoms with Crippen LogP contribution in [0.3, 0.4) is 0 Å². The minimum Gasteiger partial charge on any atom is -0.396 e. The lowest BCUT2D eigenvalue weighted by molar-refractivity contribution is 0.0855. The number of aliphatic hydroxyl groups excluding tert-OH is 1. The Labute approximate surface area is 80.5 Å². The molecule has 2 rings (SSSR count). The maximum atomic E-state index is 9.11. The quantitative estimate of drug-likeness (QED) is 0.697. The molecule has 0 radical (unpaired) electrons. The molecule has 76 valence electrons. The van der Waals surface area contributed by atoms with E-state index in [1.165, 1.54) is 25.7 Å². The minimum absolute atomic E-state index is 0.259. The van der Waals surface area contributed by atoms with Crippen molar-refractivity contribution >= 4 is 0 Å². The molecule has 2 aliphatic rings. The molecule has 0 aromatic rings. The first kappa shape index (κ1) is 9.47. The van der Waals surface area contributed by atoms with E-state index in [1.54, 1.807) is 0 Å². The monoisotopic (exact) mass is 183 g/mol. The van der Waals surface area contributed by atoms with Gasteiger partial charge in [-0.15, -0.1) is 0 Å². The first-order chi connectivity index (χ1) is 6.19. The van der Waals surface area contributed by atoms with E-state index in [2.05, 4.69) is 6.92 Å². The Morgan fingerprint density at radius 1 is 1.54 bits per heavy atom. The smallest absolute Gasteiger partial charge is 0.0437 e. The Morgan fingerprint density at radius 2 is 2.31 bits per heavy atom. The van der Waals surface area contributed by atoms with Crippen LogP contribution < -0.4 is 5.73 Å². The molecule has 2 fully saturated rings. The lowest BCUT2D eigenvalue weighted by atomic mass is 9.67. The number of hydrogen-bond acceptors (Lipinski definition) is 2. The van der Waals surface area contributed by atoms with Gasteiger partial charge in [-0.3, -0.25) is 0 Å². The highest BCUT2D eigenvalue weighted by Gasteiger charge is 2.52. The van der Waals surface area contributed by atoms with Crippen LogP contribution in [-0.2, 0) is 0 Å². The second-order valence-corrected chi connectivity index (χ2v) is 5.08. The number of aliphatic hydroxyl groups is 1. The highest BCUT2D eigenvalue weighted by atomic mass is 16.3. The van der Waals surface area contributed by atoms with Gasteiger partial charge in [0.2, 0.25) is 0 Å². The Hall–Kier alpha value is -0.0800.